The van der Waals surface area contributed by atoms with Gasteiger partial charge in [0, 0.05) is 25.2 Å². The number of primary amides is 1. The normalized spacial score (nSPS) is 13.1. The molecule has 1 aromatic carbocycles. The average Bonchev–Trinajstić information content (AvgIpc) is 2.59. The van der Waals surface area contributed by atoms with Crippen molar-refractivity contribution >= 4 is 52.9 Å². The molecule has 137 valence electrons. The SMILES string of the molecule is CN/C([S-])=N/N=C(C)/C(=N/N=C(\[S-])NC)c1ccc(C(N)=O)cc1.[Cu+2]. The van der Waals surface area contributed by atoms with Crippen LogP contribution < -0.4 is 16.4 Å². The molecule has 0 aliphatic carbocycles. The Morgan fingerprint density at radius 1 is 0.920 bits per heavy atom. The number of nitrogens with one attached hydrogen (secondary N) is 2. The second-order valence-corrected chi connectivity index (χ2v) is 5.16. The van der Waals surface area contributed by atoms with E-state index in [2.05, 4.69) is 31.0 Å². The summed E-state index contributed by atoms with van der Waals surface area (Å²) in [6.45, 7) is 1.71. The van der Waals surface area contributed by atoms with Crippen LogP contribution in [0.4, 0.5) is 0 Å². The molecule has 1 aromatic rings. The maximum Gasteiger partial charge on any atom is 2.00 e. The summed E-state index contributed by atoms with van der Waals surface area (Å²) in [4.78, 5) is 11.2. The van der Waals surface area contributed by atoms with Gasteiger partial charge < -0.3 is 41.6 Å². The fourth-order valence-corrected chi connectivity index (χ4v) is 1.58. The van der Waals surface area contributed by atoms with Gasteiger partial charge in [-0.1, -0.05) is 12.1 Å². The number of amidine groups is 2. The van der Waals surface area contributed by atoms with Gasteiger partial charge >= 0.3 is 17.1 Å². The second-order valence-electron chi connectivity index (χ2n) is 4.39. The molecule has 1 amide bonds. The summed E-state index contributed by atoms with van der Waals surface area (Å²) in [7, 11) is 3.29. The van der Waals surface area contributed by atoms with Crippen LogP contribution in [0.25, 0.3) is 0 Å². The van der Waals surface area contributed by atoms with Crippen molar-refractivity contribution in [1.82, 2.24) is 10.6 Å². The van der Waals surface area contributed by atoms with Gasteiger partial charge in [0.2, 0.25) is 5.91 Å². The summed E-state index contributed by atoms with van der Waals surface area (Å²) < 4.78 is 0. The Morgan fingerprint density at radius 2 is 1.36 bits per heavy atom. The minimum Gasteiger partial charge on any atom is -0.741 e. The van der Waals surface area contributed by atoms with Crippen LogP contribution in [-0.4, -0.2) is 41.8 Å². The zero-order valence-corrected chi connectivity index (χ0v) is 16.3. The summed E-state index contributed by atoms with van der Waals surface area (Å²) >= 11 is 9.87. The molecule has 1 rings (SSSR count). The predicted octanol–water partition coefficient (Wildman–Crippen LogP) is 0.108. The Bertz CT molecular complexity index is 714. The first-order valence-electron chi connectivity index (χ1n) is 6.77. The third kappa shape index (κ3) is 7.57. The zero-order chi connectivity index (χ0) is 18.1. The van der Waals surface area contributed by atoms with E-state index in [4.69, 9.17) is 31.0 Å². The van der Waals surface area contributed by atoms with Crippen LogP contribution in [0.15, 0.2) is 44.7 Å². The smallest absolute Gasteiger partial charge is 0.741 e. The van der Waals surface area contributed by atoms with Gasteiger partial charge in [-0.3, -0.25) is 4.79 Å². The van der Waals surface area contributed by atoms with E-state index in [1.807, 2.05) is 0 Å². The molecule has 0 unspecified atom stereocenters. The van der Waals surface area contributed by atoms with Gasteiger partial charge in [-0.05, 0) is 29.4 Å². The number of carbonyl (C=O) groups excluding carboxylic acids is 1. The van der Waals surface area contributed by atoms with Crippen molar-refractivity contribution in [3.63, 3.8) is 0 Å². The quantitative estimate of drug-likeness (QED) is 0.203. The molecule has 0 atom stereocenters. The first-order valence-corrected chi connectivity index (χ1v) is 7.58. The molecule has 1 radical (unpaired) electrons. The van der Waals surface area contributed by atoms with E-state index >= 15 is 0 Å². The van der Waals surface area contributed by atoms with Crippen LogP contribution >= 0.6 is 0 Å². The van der Waals surface area contributed by atoms with E-state index in [1.54, 1.807) is 45.3 Å². The Morgan fingerprint density at radius 3 is 1.80 bits per heavy atom. The third-order valence-corrected chi connectivity index (χ3v) is 3.32. The number of benzene rings is 1. The van der Waals surface area contributed by atoms with Crippen LogP contribution in [0, 0.1) is 0 Å². The maximum absolute atomic E-state index is 11.2. The number of nitrogens with zero attached hydrogens (tertiary/aromatic N) is 4. The molecular formula is C14H17CuN7OS2. The molecule has 0 heterocycles. The van der Waals surface area contributed by atoms with Gasteiger partial charge in [0.15, 0.2) is 0 Å². The summed E-state index contributed by atoms with van der Waals surface area (Å²) in [6, 6.07) is 6.55. The Balaban J connectivity index is 0.00000576. The first-order chi connectivity index (χ1) is 11.4. The van der Waals surface area contributed by atoms with E-state index in [9.17, 15) is 4.79 Å². The van der Waals surface area contributed by atoms with Crippen molar-refractivity contribution in [2.75, 3.05) is 14.1 Å². The van der Waals surface area contributed by atoms with E-state index in [1.165, 1.54) is 0 Å². The van der Waals surface area contributed by atoms with Gasteiger partial charge in [0.05, 0.1) is 5.71 Å². The fourth-order valence-electron chi connectivity index (χ4n) is 1.49. The molecule has 25 heavy (non-hydrogen) atoms. The molecular weight excluding hydrogens is 410 g/mol. The van der Waals surface area contributed by atoms with E-state index < -0.39 is 5.91 Å². The average molecular weight is 427 g/mol. The Labute approximate surface area is 167 Å². The van der Waals surface area contributed by atoms with Crippen molar-refractivity contribution in [1.29, 1.82) is 0 Å². The summed E-state index contributed by atoms with van der Waals surface area (Å²) in [6.07, 6.45) is 0. The van der Waals surface area contributed by atoms with Crippen LogP contribution in [-0.2, 0) is 42.3 Å². The molecule has 0 spiro atoms. The van der Waals surface area contributed by atoms with Crippen LogP contribution in [0.3, 0.4) is 0 Å². The van der Waals surface area contributed by atoms with Crippen LogP contribution in [0.5, 0.6) is 0 Å². The summed E-state index contributed by atoms with van der Waals surface area (Å²) in [5.41, 5.74) is 7.21. The molecule has 11 heteroatoms. The fraction of sp³-hybridized carbons (Fsp3) is 0.214. The summed E-state index contributed by atoms with van der Waals surface area (Å²) in [5.74, 6) is -0.513. The number of rotatable bonds is 5. The van der Waals surface area contributed by atoms with Gasteiger partial charge in [0.25, 0.3) is 0 Å². The molecule has 0 saturated heterocycles. The molecule has 0 fully saturated rings. The minimum absolute atomic E-state index is 0. The van der Waals surface area contributed by atoms with Crippen LogP contribution in [0.2, 0.25) is 0 Å². The number of amides is 1. The maximum atomic E-state index is 11.2. The van der Waals surface area contributed by atoms with Gasteiger partial charge in [-0.15, -0.1) is 5.10 Å². The second kappa shape index (κ2) is 11.5. The Hall–Kier alpha value is -2.07. The van der Waals surface area contributed by atoms with Crippen molar-refractivity contribution < 1.29 is 21.9 Å². The monoisotopic (exact) mass is 426 g/mol. The minimum atomic E-state index is -0.513. The van der Waals surface area contributed by atoms with Crippen molar-refractivity contribution in [3.8, 4) is 0 Å². The first kappa shape index (κ1) is 22.9. The summed E-state index contributed by atoms with van der Waals surface area (Å²) in [5, 5.41) is 21.7. The number of hydrogen-bond donors (Lipinski definition) is 3. The van der Waals surface area contributed by atoms with E-state index in [0.717, 1.165) is 0 Å². The van der Waals surface area contributed by atoms with Gasteiger partial charge in [-0.25, -0.2) is 0 Å². The number of hydrogen-bond acceptors (Lipinski definition) is 7. The molecule has 4 N–H and O–H groups in total. The predicted molar refractivity (Wildman–Crippen MR) is 102 cm³/mol. The molecule has 0 saturated carbocycles. The topological polar surface area (TPSA) is 117 Å². The van der Waals surface area contributed by atoms with Crippen molar-refractivity contribution in [2.45, 2.75) is 6.92 Å². The Kier molecular flexibility index (Phi) is 10.5. The van der Waals surface area contributed by atoms with Crippen molar-refractivity contribution in [2.24, 2.45) is 26.1 Å². The molecule has 0 aliphatic rings. The third-order valence-electron chi connectivity index (χ3n) is 2.74. The largest absolute Gasteiger partial charge is 2.00 e. The van der Waals surface area contributed by atoms with Gasteiger partial charge in [-0.2, -0.15) is 15.3 Å². The molecule has 0 bridgehead atoms. The standard InChI is InChI=1S/C14H19N7OS2.Cu/c1-8(18-20-13(23)16-2)11(19-21-14(24)17-3)9-4-6-10(7-5-9)12(15)22;/h4-7H,1-3H3,(H2,15,22)(H2,16,20,23)(H2,17,21,24);/q;+2/p-2/b18-8+,19-11-;. The van der Waals surface area contributed by atoms with E-state index in [0.29, 0.717) is 22.6 Å². The van der Waals surface area contributed by atoms with Crippen LogP contribution in [0.1, 0.15) is 22.8 Å². The number of nitrogens with two attached hydrogens (primary N) is 1. The van der Waals surface area contributed by atoms with Crippen molar-refractivity contribution in [3.05, 3.63) is 35.4 Å². The molecule has 8 nitrogen and oxygen atoms in total. The van der Waals surface area contributed by atoms with E-state index in [-0.39, 0.29) is 27.4 Å². The zero-order valence-electron chi connectivity index (χ0n) is 13.7. The molecule has 0 aliphatic heterocycles. The number of carbonyl (C=O) groups is 1. The van der Waals surface area contributed by atoms with Gasteiger partial charge in [0.1, 0.15) is 5.71 Å². The molecule has 0 aromatic heterocycles.